The monoisotopic (exact) mass is 359 g/mol. The van der Waals surface area contributed by atoms with Crippen LogP contribution in [0.25, 0.3) is 5.69 Å². The molecule has 2 aromatic carbocycles. The molecule has 0 atom stereocenters. The Morgan fingerprint density at radius 2 is 1.75 bits per heavy atom. The predicted octanol–water partition coefficient (Wildman–Crippen LogP) is 3.79. The zero-order valence-electron chi connectivity index (χ0n) is 12.2. The van der Waals surface area contributed by atoms with Gasteiger partial charge in [-0.15, -0.1) is 0 Å². The van der Waals surface area contributed by atoms with Crippen molar-refractivity contribution in [1.29, 1.82) is 0 Å². The first kappa shape index (κ1) is 16.2. The van der Waals surface area contributed by atoms with Gasteiger partial charge in [0.15, 0.2) is 5.69 Å². The fourth-order valence-electron chi connectivity index (χ4n) is 2.05. The number of nitrogens with one attached hydrogen (secondary N) is 1. The summed E-state index contributed by atoms with van der Waals surface area (Å²) in [5.41, 5.74) is 0.471. The lowest BCUT2D eigenvalue weighted by atomic mass is 10.3. The van der Waals surface area contributed by atoms with Gasteiger partial charge >= 0.3 is 0 Å². The Bertz CT molecular complexity index is 953. The number of carbonyl (C=O) groups excluding carboxylic acids is 1. The van der Waals surface area contributed by atoms with Gasteiger partial charge in [-0.2, -0.15) is 5.10 Å². The van der Waals surface area contributed by atoms with Crippen LogP contribution in [0.3, 0.4) is 0 Å². The number of hydrogen-bond acceptors (Lipinski definition) is 3. The Morgan fingerprint density at radius 1 is 1.00 bits per heavy atom. The number of anilines is 1. The maximum atomic E-state index is 12.3. The average molecular weight is 360 g/mol. The number of halogens is 2. The van der Waals surface area contributed by atoms with Crippen LogP contribution in [0.5, 0.6) is 0 Å². The second-order valence-electron chi connectivity index (χ2n) is 4.91. The minimum absolute atomic E-state index is 0.215. The van der Waals surface area contributed by atoms with Crippen molar-refractivity contribution in [3.8, 4) is 5.69 Å². The summed E-state index contributed by atoms with van der Waals surface area (Å²) in [6, 6.07) is 14.8. The third kappa shape index (κ3) is 3.64. The van der Waals surface area contributed by atoms with Crippen molar-refractivity contribution in [3.63, 3.8) is 0 Å². The SMILES string of the molecule is O=C(Nc1ccc(Cl)cc1)c1nn(-c2cccc(Cl)c2)ccc1=O. The molecule has 0 bridgehead atoms. The number of benzene rings is 2. The van der Waals surface area contributed by atoms with E-state index in [1.165, 1.54) is 16.9 Å². The van der Waals surface area contributed by atoms with Gasteiger partial charge in [-0.25, -0.2) is 4.68 Å². The van der Waals surface area contributed by atoms with Crippen LogP contribution in [0.1, 0.15) is 10.5 Å². The molecule has 1 aromatic heterocycles. The van der Waals surface area contributed by atoms with Crippen LogP contribution in [-0.4, -0.2) is 15.7 Å². The Labute approximate surface area is 147 Å². The van der Waals surface area contributed by atoms with Crippen LogP contribution in [0, 0.1) is 0 Å². The summed E-state index contributed by atoms with van der Waals surface area (Å²) in [6.45, 7) is 0. The van der Waals surface area contributed by atoms with E-state index in [2.05, 4.69) is 10.4 Å². The molecule has 24 heavy (non-hydrogen) atoms. The summed E-state index contributed by atoms with van der Waals surface area (Å²) < 4.78 is 1.42. The number of aromatic nitrogens is 2. The lowest BCUT2D eigenvalue weighted by Crippen LogP contribution is -2.25. The van der Waals surface area contributed by atoms with Crippen LogP contribution >= 0.6 is 23.2 Å². The fraction of sp³-hybridized carbons (Fsp3) is 0. The van der Waals surface area contributed by atoms with E-state index in [4.69, 9.17) is 23.2 Å². The van der Waals surface area contributed by atoms with Crippen molar-refractivity contribution in [1.82, 2.24) is 9.78 Å². The van der Waals surface area contributed by atoms with E-state index >= 15 is 0 Å². The quantitative estimate of drug-likeness (QED) is 0.773. The molecule has 0 unspecified atom stereocenters. The molecule has 0 saturated heterocycles. The number of rotatable bonds is 3. The highest BCUT2D eigenvalue weighted by molar-refractivity contribution is 6.31. The van der Waals surface area contributed by atoms with Crippen molar-refractivity contribution >= 4 is 34.8 Å². The summed E-state index contributed by atoms with van der Waals surface area (Å²) in [7, 11) is 0. The minimum atomic E-state index is -0.598. The van der Waals surface area contributed by atoms with Gasteiger partial charge < -0.3 is 5.32 Å². The largest absolute Gasteiger partial charge is 0.320 e. The highest BCUT2D eigenvalue weighted by atomic mass is 35.5. The van der Waals surface area contributed by atoms with Gasteiger partial charge in [-0.3, -0.25) is 9.59 Å². The number of carbonyl (C=O) groups is 1. The smallest absolute Gasteiger partial charge is 0.280 e. The van der Waals surface area contributed by atoms with Crippen LogP contribution in [-0.2, 0) is 0 Å². The Morgan fingerprint density at radius 3 is 2.46 bits per heavy atom. The average Bonchev–Trinajstić information content (AvgIpc) is 2.57. The summed E-state index contributed by atoms with van der Waals surface area (Å²) in [4.78, 5) is 24.3. The summed E-state index contributed by atoms with van der Waals surface area (Å²) >= 11 is 11.8. The van der Waals surface area contributed by atoms with Gasteiger partial charge in [0.05, 0.1) is 5.69 Å². The third-order valence-corrected chi connectivity index (χ3v) is 3.69. The van der Waals surface area contributed by atoms with Crippen molar-refractivity contribution in [2.75, 3.05) is 5.32 Å². The molecular formula is C17H11Cl2N3O2. The predicted molar refractivity (Wildman–Crippen MR) is 94.2 cm³/mol. The Hall–Kier alpha value is -2.63. The topological polar surface area (TPSA) is 64.0 Å². The van der Waals surface area contributed by atoms with Crippen molar-refractivity contribution in [2.45, 2.75) is 0 Å². The van der Waals surface area contributed by atoms with Crippen molar-refractivity contribution in [2.24, 2.45) is 0 Å². The van der Waals surface area contributed by atoms with Gasteiger partial charge in [0.1, 0.15) is 0 Å². The molecule has 0 fully saturated rings. The van der Waals surface area contributed by atoms with E-state index < -0.39 is 11.3 Å². The zero-order valence-corrected chi connectivity index (χ0v) is 13.8. The van der Waals surface area contributed by atoms with Crippen molar-refractivity contribution in [3.05, 3.63) is 86.8 Å². The normalized spacial score (nSPS) is 10.4. The lowest BCUT2D eigenvalue weighted by molar-refractivity contribution is 0.101. The van der Waals surface area contributed by atoms with Crippen LogP contribution < -0.4 is 10.7 Å². The molecule has 0 aliphatic heterocycles. The summed E-state index contributed by atoms with van der Waals surface area (Å²) in [5.74, 6) is -0.598. The molecule has 3 rings (SSSR count). The van der Waals surface area contributed by atoms with Gasteiger partial charge in [-0.1, -0.05) is 29.3 Å². The summed E-state index contributed by atoms with van der Waals surface area (Å²) in [6.07, 6.45) is 1.48. The summed E-state index contributed by atoms with van der Waals surface area (Å²) in [5, 5.41) is 7.80. The van der Waals surface area contributed by atoms with Crippen molar-refractivity contribution < 1.29 is 4.79 Å². The first-order valence-corrected chi connectivity index (χ1v) is 7.71. The third-order valence-electron chi connectivity index (χ3n) is 3.20. The maximum Gasteiger partial charge on any atom is 0.280 e. The number of hydrogen-bond donors (Lipinski definition) is 1. The highest BCUT2D eigenvalue weighted by Crippen LogP contribution is 2.15. The second kappa shape index (κ2) is 6.86. The van der Waals surface area contributed by atoms with E-state index in [9.17, 15) is 9.59 Å². The molecule has 5 nitrogen and oxygen atoms in total. The van der Waals surface area contributed by atoms with E-state index in [1.807, 2.05) is 0 Å². The molecule has 7 heteroatoms. The standard InChI is InChI=1S/C17H11Cl2N3O2/c18-11-4-6-13(7-5-11)20-17(24)16-15(23)8-9-22(21-16)14-3-1-2-12(19)10-14/h1-10H,(H,20,24). The first-order chi connectivity index (χ1) is 11.5. The van der Waals surface area contributed by atoms with Gasteiger partial charge in [0.2, 0.25) is 5.43 Å². The molecule has 120 valence electrons. The number of nitrogens with zero attached hydrogens (tertiary/aromatic N) is 2. The van der Waals surface area contributed by atoms with E-state index in [1.54, 1.807) is 48.5 Å². The van der Waals surface area contributed by atoms with E-state index in [-0.39, 0.29) is 5.69 Å². The lowest BCUT2D eigenvalue weighted by Gasteiger charge is -2.08. The van der Waals surface area contributed by atoms with Crippen LogP contribution in [0.2, 0.25) is 10.0 Å². The van der Waals surface area contributed by atoms with E-state index in [0.717, 1.165) is 0 Å². The molecule has 0 spiro atoms. The molecule has 0 aliphatic carbocycles. The molecule has 1 amide bonds. The molecule has 1 N–H and O–H groups in total. The molecule has 0 saturated carbocycles. The molecule has 1 heterocycles. The maximum absolute atomic E-state index is 12.3. The Kier molecular flexibility index (Phi) is 4.64. The first-order valence-electron chi connectivity index (χ1n) is 6.96. The van der Waals surface area contributed by atoms with Crippen LogP contribution in [0.15, 0.2) is 65.6 Å². The molecule has 3 aromatic rings. The highest BCUT2D eigenvalue weighted by Gasteiger charge is 2.14. The zero-order chi connectivity index (χ0) is 17.1. The second-order valence-corrected chi connectivity index (χ2v) is 5.79. The van der Waals surface area contributed by atoms with Gasteiger partial charge in [0, 0.05) is 28.0 Å². The molecular weight excluding hydrogens is 349 g/mol. The molecule has 0 aliphatic rings. The van der Waals surface area contributed by atoms with E-state index in [0.29, 0.717) is 21.4 Å². The van der Waals surface area contributed by atoms with Gasteiger partial charge in [0.25, 0.3) is 5.91 Å². The fourth-order valence-corrected chi connectivity index (χ4v) is 2.36. The minimum Gasteiger partial charge on any atom is -0.320 e. The van der Waals surface area contributed by atoms with Gasteiger partial charge in [-0.05, 0) is 42.5 Å². The Balaban J connectivity index is 1.92. The van der Waals surface area contributed by atoms with Crippen LogP contribution in [0.4, 0.5) is 5.69 Å². The number of amides is 1. The molecule has 0 radical (unpaired) electrons.